The van der Waals surface area contributed by atoms with E-state index in [1.807, 2.05) is 6.07 Å². The minimum absolute atomic E-state index is 0.139. The number of nitriles is 1. The Labute approximate surface area is 199 Å². The van der Waals surface area contributed by atoms with Crippen LogP contribution in [-0.4, -0.2) is 30.0 Å². The molecule has 4 rings (SSSR count). The van der Waals surface area contributed by atoms with Gasteiger partial charge in [0.1, 0.15) is 11.5 Å². The van der Waals surface area contributed by atoms with Gasteiger partial charge in [0, 0.05) is 42.0 Å². The van der Waals surface area contributed by atoms with Crippen LogP contribution < -0.4 is 15.1 Å². The molecule has 0 fully saturated rings. The highest BCUT2D eigenvalue weighted by Crippen LogP contribution is 2.45. The first kappa shape index (κ1) is 22.8. The summed E-state index contributed by atoms with van der Waals surface area (Å²) in [5.74, 6) is -1.37. The maximum Gasteiger partial charge on any atom is 0.334 e. The number of amides is 2. The number of urea groups is 1. The molecule has 3 aromatic rings. The van der Waals surface area contributed by atoms with E-state index in [0.717, 1.165) is 17.0 Å². The summed E-state index contributed by atoms with van der Waals surface area (Å²) in [5, 5.41) is 12.6. The molecular weight excluding hydrogens is 471 g/mol. The normalized spacial score (nSPS) is 12.7. The van der Waals surface area contributed by atoms with Crippen LogP contribution in [-0.2, 0) is 0 Å². The van der Waals surface area contributed by atoms with E-state index in [9.17, 15) is 10.1 Å². The van der Waals surface area contributed by atoms with E-state index < -0.39 is 23.4 Å². The number of alkyl halides is 1. The standard InChI is InChI=1S/C23H17Cl2F2N5O/c1-2-31-22-17(8-14(25)12-30-22)16-4-3-13(11-28)7-20(16)32(23(31)33)21-18(26)9-15(10-19(21)27)29-6-5-24/h3-4,7-10,12,29H,2,5-6H2,1H3. The SMILES string of the molecule is CCN1C(=O)N(c2c(F)cc(NCCCl)cc2F)c2cc(C#N)ccc2-c2cc(Cl)cnc21. The van der Waals surface area contributed by atoms with Crippen LogP contribution in [0.2, 0.25) is 5.02 Å². The van der Waals surface area contributed by atoms with Gasteiger partial charge in [-0.15, -0.1) is 11.6 Å². The zero-order chi connectivity index (χ0) is 23.7. The fourth-order valence-corrected chi connectivity index (χ4v) is 4.00. The lowest BCUT2D eigenvalue weighted by Gasteiger charge is -2.28. The first-order valence-electron chi connectivity index (χ1n) is 10.00. The van der Waals surface area contributed by atoms with Crippen molar-refractivity contribution < 1.29 is 13.6 Å². The van der Waals surface area contributed by atoms with E-state index in [1.165, 1.54) is 17.2 Å². The van der Waals surface area contributed by atoms with Crippen LogP contribution in [0.4, 0.5) is 36.5 Å². The molecule has 0 saturated carbocycles. The topological polar surface area (TPSA) is 72.3 Å². The fourth-order valence-electron chi connectivity index (χ4n) is 3.75. The number of aromatic nitrogens is 1. The number of pyridine rings is 1. The number of nitrogens with one attached hydrogen (secondary N) is 1. The van der Waals surface area contributed by atoms with Crippen molar-refractivity contribution in [1.82, 2.24) is 4.98 Å². The number of benzene rings is 2. The van der Waals surface area contributed by atoms with Crippen LogP contribution in [0.3, 0.4) is 0 Å². The predicted octanol–water partition coefficient (Wildman–Crippen LogP) is 6.30. The number of hydrogen-bond acceptors (Lipinski definition) is 4. The Bertz CT molecular complexity index is 1270. The third kappa shape index (κ3) is 4.06. The number of carbonyl (C=O) groups is 1. The Morgan fingerprint density at radius 1 is 1.15 bits per heavy atom. The molecule has 33 heavy (non-hydrogen) atoms. The van der Waals surface area contributed by atoms with Crippen molar-refractivity contribution >= 4 is 52.1 Å². The summed E-state index contributed by atoms with van der Waals surface area (Å²) in [6.07, 6.45) is 1.40. The molecule has 2 heterocycles. The van der Waals surface area contributed by atoms with Crippen LogP contribution in [0.1, 0.15) is 12.5 Å². The number of nitrogens with zero attached hydrogens (tertiary/aromatic N) is 4. The van der Waals surface area contributed by atoms with Crippen LogP contribution in [0, 0.1) is 23.0 Å². The molecule has 0 bridgehead atoms. The highest BCUT2D eigenvalue weighted by Gasteiger charge is 2.36. The minimum atomic E-state index is -0.957. The second kappa shape index (κ2) is 9.22. The first-order chi connectivity index (χ1) is 15.9. The number of rotatable bonds is 5. The molecule has 1 aliphatic rings. The third-order valence-electron chi connectivity index (χ3n) is 5.15. The summed E-state index contributed by atoms with van der Waals surface area (Å²) in [6.45, 7) is 2.20. The quantitative estimate of drug-likeness (QED) is 0.428. The largest absolute Gasteiger partial charge is 0.384 e. The first-order valence-corrected chi connectivity index (χ1v) is 10.9. The molecule has 168 valence electrons. The molecule has 2 amide bonds. The Kier molecular flexibility index (Phi) is 6.36. The number of hydrogen-bond donors (Lipinski definition) is 1. The molecule has 0 unspecified atom stereocenters. The summed E-state index contributed by atoms with van der Waals surface area (Å²) in [4.78, 5) is 20.2. The molecule has 0 radical (unpaired) electrons. The highest BCUT2D eigenvalue weighted by atomic mass is 35.5. The average molecular weight is 488 g/mol. The van der Waals surface area contributed by atoms with Crippen LogP contribution in [0.15, 0.2) is 42.6 Å². The van der Waals surface area contributed by atoms with Gasteiger partial charge in [-0.3, -0.25) is 9.80 Å². The maximum atomic E-state index is 15.3. The fraction of sp³-hybridized carbons (Fsp3) is 0.174. The smallest absolute Gasteiger partial charge is 0.334 e. The molecule has 6 nitrogen and oxygen atoms in total. The van der Waals surface area contributed by atoms with Gasteiger partial charge in [0.15, 0.2) is 11.6 Å². The zero-order valence-corrected chi connectivity index (χ0v) is 18.9. The van der Waals surface area contributed by atoms with Crippen molar-refractivity contribution in [2.24, 2.45) is 0 Å². The van der Waals surface area contributed by atoms with Gasteiger partial charge >= 0.3 is 6.03 Å². The van der Waals surface area contributed by atoms with E-state index in [0.29, 0.717) is 28.5 Å². The predicted molar refractivity (Wildman–Crippen MR) is 126 cm³/mol. The molecule has 1 N–H and O–H groups in total. The third-order valence-corrected chi connectivity index (χ3v) is 5.55. The van der Waals surface area contributed by atoms with Gasteiger partial charge in [-0.05, 0) is 37.3 Å². The molecule has 1 aromatic heterocycles. The van der Waals surface area contributed by atoms with Gasteiger partial charge in [-0.1, -0.05) is 17.7 Å². The maximum absolute atomic E-state index is 15.3. The summed E-state index contributed by atoms with van der Waals surface area (Å²) >= 11 is 11.8. The molecule has 0 aliphatic carbocycles. The molecule has 0 saturated heterocycles. The van der Waals surface area contributed by atoms with Crippen LogP contribution in [0.5, 0.6) is 0 Å². The molecule has 0 atom stereocenters. The van der Waals surface area contributed by atoms with Crippen molar-refractivity contribution in [3.63, 3.8) is 0 Å². The van der Waals surface area contributed by atoms with Gasteiger partial charge in [-0.25, -0.2) is 18.6 Å². The molecular formula is C23H17Cl2F2N5O. The Hall–Kier alpha value is -3.41. The van der Waals surface area contributed by atoms with E-state index in [1.54, 1.807) is 25.1 Å². The van der Waals surface area contributed by atoms with Crippen molar-refractivity contribution in [2.75, 3.05) is 34.1 Å². The molecule has 10 heteroatoms. The molecule has 2 aromatic carbocycles. The van der Waals surface area contributed by atoms with E-state index in [4.69, 9.17) is 23.2 Å². The lowest BCUT2D eigenvalue weighted by atomic mass is 10.0. The van der Waals surface area contributed by atoms with Crippen molar-refractivity contribution in [2.45, 2.75) is 6.92 Å². The summed E-state index contributed by atoms with van der Waals surface area (Å²) < 4.78 is 30.6. The Morgan fingerprint density at radius 2 is 1.88 bits per heavy atom. The van der Waals surface area contributed by atoms with Gasteiger partial charge in [0.05, 0.1) is 22.3 Å². The summed E-state index contributed by atoms with van der Waals surface area (Å²) in [6, 6.07) is 9.67. The second-order valence-corrected chi connectivity index (χ2v) is 7.95. The Balaban J connectivity index is 2.01. The monoisotopic (exact) mass is 487 g/mol. The van der Waals surface area contributed by atoms with E-state index in [-0.39, 0.29) is 29.4 Å². The summed E-state index contributed by atoms with van der Waals surface area (Å²) in [5.41, 5.74) is 0.929. The highest BCUT2D eigenvalue weighted by molar-refractivity contribution is 6.31. The number of anilines is 4. The molecule has 1 aliphatic heterocycles. The minimum Gasteiger partial charge on any atom is -0.384 e. The lowest BCUT2D eigenvalue weighted by molar-refractivity contribution is 0.253. The molecule has 0 spiro atoms. The van der Waals surface area contributed by atoms with Gasteiger partial charge in [-0.2, -0.15) is 5.26 Å². The van der Waals surface area contributed by atoms with Gasteiger partial charge in [0.25, 0.3) is 0 Å². The van der Waals surface area contributed by atoms with E-state index in [2.05, 4.69) is 10.3 Å². The van der Waals surface area contributed by atoms with Crippen molar-refractivity contribution in [1.29, 1.82) is 5.26 Å². The Morgan fingerprint density at radius 3 is 2.52 bits per heavy atom. The van der Waals surface area contributed by atoms with Crippen molar-refractivity contribution in [3.8, 4) is 17.2 Å². The van der Waals surface area contributed by atoms with Crippen LogP contribution >= 0.6 is 23.2 Å². The van der Waals surface area contributed by atoms with Crippen LogP contribution in [0.25, 0.3) is 11.1 Å². The average Bonchev–Trinajstić information content (AvgIpc) is 2.89. The van der Waals surface area contributed by atoms with E-state index >= 15 is 8.78 Å². The van der Waals surface area contributed by atoms with Gasteiger partial charge < -0.3 is 5.32 Å². The zero-order valence-electron chi connectivity index (χ0n) is 17.4. The number of fused-ring (bicyclic) bond motifs is 3. The van der Waals surface area contributed by atoms with Crippen molar-refractivity contribution in [3.05, 3.63) is 64.8 Å². The number of carbonyl (C=O) groups excluding carboxylic acids is 1. The number of halogens is 4. The lowest BCUT2D eigenvalue weighted by Crippen LogP contribution is -2.41. The van der Waals surface area contributed by atoms with Gasteiger partial charge in [0.2, 0.25) is 0 Å². The second-order valence-electron chi connectivity index (χ2n) is 7.13. The summed E-state index contributed by atoms with van der Waals surface area (Å²) in [7, 11) is 0.